The standard InChI is InChI=1S/C23H19ClN4O2/c1-30-18-13-11-16(12-14-18)15-25-23-26-21(17-7-3-2-4-8-17)27-28(23)22(29)19-9-5-6-10-20(19)24/h2-14H,15H2,1H3,(H,25,26,27). The topological polar surface area (TPSA) is 69.0 Å². The molecule has 1 N–H and O–H groups in total. The second-order valence-electron chi connectivity index (χ2n) is 6.52. The van der Waals surface area contributed by atoms with Crippen LogP contribution in [0.5, 0.6) is 5.75 Å². The van der Waals surface area contributed by atoms with Crippen LogP contribution >= 0.6 is 11.6 Å². The van der Waals surface area contributed by atoms with E-state index in [4.69, 9.17) is 16.3 Å². The number of ether oxygens (including phenoxy) is 1. The average Bonchev–Trinajstić information content (AvgIpc) is 3.23. The molecule has 6 nitrogen and oxygen atoms in total. The Balaban J connectivity index is 1.67. The number of nitrogens with zero attached hydrogens (tertiary/aromatic N) is 3. The zero-order chi connectivity index (χ0) is 20.9. The van der Waals surface area contributed by atoms with Gasteiger partial charge in [-0.3, -0.25) is 4.79 Å². The van der Waals surface area contributed by atoms with Crippen LogP contribution in [0.15, 0.2) is 78.9 Å². The van der Waals surface area contributed by atoms with Crippen molar-refractivity contribution < 1.29 is 9.53 Å². The monoisotopic (exact) mass is 418 g/mol. The lowest BCUT2D eigenvalue weighted by molar-refractivity contribution is 0.0947. The molecule has 3 aromatic carbocycles. The van der Waals surface area contributed by atoms with Crippen LogP contribution in [0.25, 0.3) is 11.4 Å². The molecule has 0 amide bonds. The lowest BCUT2D eigenvalue weighted by Gasteiger charge is -2.08. The van der Waals surface area contributed by atoms with E-state index in [0.717, 1.165) is 16.9 Å². The number of methoxy groups -OCH3 is 1. The predicted octanol–water partition coefficient (Wildman–Crippen LogP) is 4.91. The predicted molar refractivity (Wildman–Crippen MR) is 117 cm³/mol. The summed E-state index contributed by atoms with van der Waals surface area (Å²) in [5.41, 5.74) is 2.18. The van der Waals surface area contributed by atoms with Crippen molar-refractivity contribution in [3.05, 3.63) is 95.0 Å². The van der Waals surface area contributed by atoms with E-state index in [9.17, 15) is 4.79 Å². The largest absolute Gasteiger partial charge is 0.497 e. The third-order valence-corrected chi connectivity index (χ3v) is 4.88. The molecule has 4 aromatic rings. The van der Waals surface area contributed by atoms with Crippen LogP contribution < -0.4 is 10.1 Å². The first-order valence-electron chi connectivity index (χ1n) is 9.34. The first kappa shape index (κ1) is 19.7. The van der Waals surface area contributed by atoms with Gasteiger partial charge in [0.15, 0.2) is 5.82 Å². The zero-order valence-electron chi connectivity index (χ0n) is 16.2. The van der Waals surface area contributed by atoms with Gasteiger partial charge in [-0.25, -0.2) is 0 Å². The van der Waals surface area contributed by atoms with Crippen LogP contribution in [0, 0.1) is 0 Å². The molecular weight excluding hydrogens is 400 g/mol. The van der Waals surface area contributed by atoms with Gasteiger partial charge in [0.05, 0.1) is 17.7 Å². The van der Waals surface area contributed by atoms with Gasteiger partial charge in [0.1, 0.15) is 5.75 Å². The Morgan fingerprint density at radius 3 is 2.40 bits per heavy atom. The van der Waals surface area contributed by atoms with Gasteiger partial charge >= 0.3 is 0 Å². The van der Waals surface area contributed by atoms with Crippen molar-refractivity contribution in [2.24, 2.45) is 0 Å². The fourth-order valence-electron chi connectivity index (χ4n) is 2.95. The molecule has 0 radical (unpaired) electrons. The van der Waals surface area contributed by atoms with Crippen LogP contribution in [-0.2, 0) is 6.54 Å². The molecule has 4 rings (SSSR count). The van der Waals surface area contributed by atoms with E-state index in [1.165, 1.54) is 4.68 Å². The Morgan fingerprint density at radius 2 is 1.70 bits per heavy atom. The molecule has 1 heterocycles. The number of aromatic nitrogens is 3. The Morgan fingerprint density at radius 1 is 1.00 bits per heavy atom. The van der Waals surface area contributed by atoms with Crippen LogP contribution in [0.4, 0.5) is 5.95 Å². The Bertz CT molecular complexity index is 1160. The highest BCUT2D eigenvalue weighted by atomic mass is 35.5. The van der Waals surface area contributed by atoms with Crippen LogP contribution in [-0.4, -0.2) is 27.8 Å². The van der Waals surface area contributed by atoms with Gasteiger partial charge in [0.25, 0.3) is 5.91 Å². The minimum atomic E-state index is -0.354. The summed E-state index contributed by atoms with van der Waals surface area (Å²) in [4.78, 5) is 17.7. The lowest BCUT2D eigenvalue weighted by atomic mass is 10.2. The van der Waals surface area contributed by atoms with E-state index in [2.05, 4.69) is 15.4 Å². The van der Waals surface area contributed by atoms with E-state index < -0.39 is 0 Å². The Labute approximate surface area is 179 Å². The molecule has 0 aliphatic carbocycles. The van der Waals surface area contributed by atoms with Gasteiger partial charge in [0.2, 0.25) is 5.95 Å². The third-order valence-electron chi connectivity index (χ3n) is 4.55. The van der Waals surface area contributed by atoms with Crippen LogP contribution in [0.1, 0.15) is 15.9 Å². The van der Waals surface area contributed by atoms with Gasteiger partial charge < -0.3 is 10.1 Å². The van der Waals surface area contributed by atoms with Crippen molar-refractivity contribution in [3.8, 4) is 17.1 Å². The number of benzene rings is 3. The molecule has 30 heavy (non-hydrogen) atoms. The van der Waals surface area contributed by atoms with E-state index in [1.54, 1.807) is 31.4 Å². The summed E-state index contributed by atoms with van der Waals surface area (Å²) in [7, 11) is 1.63. The number of nitrogens with one attached hydrogen (secondary N) is 1. The van der Waals surface area contributed by atoms with Gasteiger partial charge in [-0.05, 0) is 29.8 Å². The maximum absolute atomic E-state index is 13.1. The summed E-state index contributed by atoms with van der Waals surface area (Å²) in [5.74, 6) is 1.22. The Kier molecular flexibility index (Phi) is 5.77. The molecule has 0 aliphatic heterocycles. The van der Waals surface area contributed by atoms with Crippen LogP contribution in [0.2, 0.25) is 5.02 Å². The number of anilines is 1. The summed E-state index contributed by atoms with van der Waals surface area (Å²) in [6, 6.07) is 24.0. The van der Waals surface area contributed by atoms with E-state index >= 15 is 0 Å². The zero-order valence-corrected chi connectivity index (χ0v) is 17.0. The molecular formula is C23H19ClN4O2. The van der Waals surface area contributed by atoms with Crippen molar-refractivity contribution in [3.63, 3.8) is 0 Å². The first-order chi connectivity index (χ1) is 14.7. The van der Waals surface area contributed by atoms with E-state index in [0.29, 0.717) is 28.9 Å². The van der Waals surface area contributed by atoms with Crippen molar-refractivity contribution in [2.45, 2.75) is 6.54 Å². The van der Waals surface area contributed by atoms with Crippen molar-refractivity contribution in [1.29, 1.82) is 0 Å². The highest BCUT2D eigenvalue weighted by Gasteiger charge is 2.20. The number of hydrogen-bond donors (Lipinski definition) is 1. The summed E-state index contributed by atoms with van der Waals surface area (Å²) in [5, 5.41) is 8.03. The highest BCUT2D eigenvalue weighted by molar-refractivity contribution is 6.33. The summed E-state index contributed by atoms with van der Waals surface area (Å²) in [6.45, 7) is 0.465. The normalized spacial score (nSPS) is 10.6. The smallest absolute Gasteiger partial charge is 0.282 e. The van der Waals surface area contributed by atoms with Crippen molar-refractivity contribution in [1.82, 2.24) is 14.8 Å². The molecule has 0 atom stereocenters. The minimum Gasteiger partial charge on any atom is -0.497 e. The summed E-state index contributed by atoms with van der Waals surface area (Å²) < 4.78 is 6.45. The minimum absolute atomic E-state index is 0.342. The van der Waals surface area contributed by atoms with E-state index in [1.807, 2.05) is 54.6 Å². The second-order valence-corrected chi connectivity index (χ2v) is 6.93. The number of halogens is 1. The first-order valence-corrected chi connectivity index (χ1v) is 9.72. The third kappa shape index (κ3) is 4.18. The fraction of sp³-hybridized carbons (Fsp3) is 0.0870. The van der Waals surface area contributed by atoms with Crippen molar-refractivity contribution >= 4 is 23.5 Å². The number of hydrogen-bond acceptors (Lipinski definition) is 5. The molecule has 7 heteroatoms. The quantitative estimate of drug-likeness (QED) is 0.482. The van der Waals surface area contributed by atoms with Gasteiger partial charge in [-0.1, -0.05) is 66.2 Å². The molecule has 0 bridgehead atoms. The maximum atomic E-state index is 13.1. The molecule has 0 fully saturated rings. The number of rotatable bonds is 6. The van der Waals surface area contributed by atoms with Gasteiger partial charge in [0, 0.05) is 12.1 Å². The van der Waals surface area contributed by atoms with Crippen LogP contribution in [0.3, 0.4) is 0 Å². The molecule has 0 saturated carbocycles. The average molecular weight is 419 g/mol. The summed E-state index contributed by atoms with van der Waals surface area (Å²) in [6.07, 6.45) is 0. The molecule has 1 aromatic heterocycles. The molecule has 0 unspecified atom stereocenters. The SMILES string of the molecule is COc1ccc(CNc2nc(-c3ccccc3)nn2C(=O)c2ccccc2Cl)cc1. The Hall–Kier alpha value is -3.64. The fourth-order valence-corrected chi connectivity index (χ4v) is 3.17. The molecule has 150 valence electrons. The summed E-state index contributed by atoms with van der Waals surface area (Å²) >= 11 is 6.23. The van der Waals surface area contributed by atoms with Crippen molar-refractivity contribution in [2.75, 3.05) is 12.4 Å². The second kappa shape index (κ2) is 8.80. The maximum Gasteiger partial charge on any atom is 0.282 e. The highest BCUT2D eigenvalue weighted by Crippen LogP contribution is 2.22. The molecule has 0 aliphatic rings. The van der Waals surface area contributed by atoms with Gasteiger partial charge in [-0.15, -0.1) is 5.10 Å². The lowest BCUT2D eigenvalue weighted by Crippen LogP contribution is -2.18. The number of carbonyl (C=O) groups excluding carboxylic acids is 1. The van der Waals surface area contributed by atoms with E-state index in [-0.39, 0.29) is 5.91 Å². The number of carbonyl (C=O) groups is 1. The molecule has 0 saturated heterocycles. The van der Waals surface area contributed by atoms with Gasteiger partial charge in [-0.2, -0.15) is 9.67 Å². The molecule has 0 spiro atoms.